The Morgan fingerprint density at radius 2 is 2.04 bits per heavy atom. The van der Waals surface area contributed by atoms with Crippen LogP contribution >= 0.6 is 0 Å². The van der Waals surface area contributed by atoms with Crippen molar-refractivity contribution in [3.05, 3.63) is 47.8 Å². The number of nitrogens with zero attached hydrogens (tertiary/aromatic N) is 2. The summed E-state index contributed by atoms with van der Waals surface area (Å²) >= 11 is 0. The minimum atomic E-state index is -0.468. The zero-order chi connectivity index (χ0) is 19.7. The maximum absolute atomic E-state index is 14.4. The predicted molar refractivity (Wildman–Crippen MR) is 106 cm³/mol. The molecule has 0 saturated carbocycles. The standard InChI is InChI=1S/C21H21FN4O2/c1-26-8-6-14(7-9-26)21(28)23-20-17-11-15(3-5-19(17)24-25-20)16-4-2-13(12-27)10-18(16)22/h2-5,10-12,14H,6-9H2,1H3,(H2,23,24,25,28). The molecule has 2 heterocycles. The van der Waals surface area contributed by atoms with Crippen LogP contribution in [0.1, 0.15) is 23.2 Å². The number of fused-ring (bicyclic) bond motifs is 1. The van der Waals surface area contributed by atoms with Crippen LogP contribution in [0.15, 0.2) is 36.4 Å². The summed E-state index contributed by atoms with van der Waals surface area (Å²) < 4.78 is 14.4. The summed E-state index contributed by atoms with van der Waals surface area (Å²) in [5, 5.41) is 10.8. The Balaban J connectivity index is 1.61. The zero-order valence-electron chi connectivity index (χ0n) is 15.5. The molecule has 2 N–H and O–H groups in total. The molecule has 7 heteroatoms. The number of likely N-dealkylation sites (tertiary alicyclic amines) is 1. The first-order valence-electron chi connectivity index (χ1n) is 9.28. The molecule has 144 valence electrons. The molecule has 0 radical (unpaired) electrons. The van der Waals surface area contributed by atoms with E-state index in [2.05, 4.69) is 27.5 Å². The highest BCUT2D eigenvalue weighted by molar-refractivity contribution is 6.01. The van der Waals surface area contributed by atoms with Gasteiger partial charge in [0.05, 0.1) is 5.52 Å². The maximum atomic E-state index is 14.4. The number of halogens is 1. The van der Waals surface area contributed by atoms with Gasteiger partial charge in [0, 0.05) is 22.4 Å². The molecular formula is C21H21FN4O2. The average molecular weight is 380 g/mol. The SMILES string of the molecule is CN1CCC(C(=O)Nc2n[nH]c3ccc(-c4ccc(C=O)cc4F)cc23)CC1. The first-order chi connectivity index (χ1) is 13.5. The Morgan fingerprint density at radius 3 is 2.75 bits per heavy atom. The second kappa shape index (κ2) is 7.52. The van der Waals surface area contributed by atoms with E-state index < -0.39 is 5.82 Å². The Hall–Kier alpha value is -3.06. The maximum Gasteiger partial charge on any atom is 0.228 e. The van der Waals surface area contributed by atoms with E-state index in [-0.39, 0.29) is 17.4 Å². The normalized spacial score (nSPS) is 15.6. The Bertz CT molecular complexity index is 1040. The van der Waals surface area contributed by atoms with Gasteiger partial charge in [-0.25, -0.2) is 4.39 Å². The van der Waals surface area contributed by atoms with Crippen molar-refractivity contribution in [2.45, 2.75) is 12.8 Å². The van der Waals surface area contributed by atoms with Gasteiger partial charge in [-0.1, -0.05) is 18.2 Å². The number of piperidine rings is 1. The average Bonchev–Trinajstić information content (AvgIpc) is 3.10. The fourth-order valence-corrected chi connectivity index (χ4v) is 3.61. The van der Waals surface area contributed by atoms with E-state index in [0.29, 0.717) is 23.2 Å². The van der Waals surface area contributed by atoms with Crippen LogP contribution in [0.2, 0.25) is 0 Å². The number of rotatable bonds is 4. The van der Waals surface area contributed by atoms with Crippen molar-refractivity contribution >= 4 is 28.9 Å². The molecule has 3 aromatic rings. The van der Waals surface area contributed by atoms with Gasteiger partial charge in [-0.05, 0) is 56.7 Å². The molecular weight excluding hydrogens is 359 g/mol. The van der Waals surface area contributed by atoms with Crippen molar-refractivity contribution in [2.24, 2.45) is 5.92 Å². The number of amides is 1. The first-order valence-corrected chi connectivity index (χ1v) is 9.28. The van der Waals surface area contributed by atoms with Crippen molar-refractivity contribution in [1.29, 1.82) is 0 Å². The fraction of sp³-hybridized carbons (Fsp3) is 0.286. The third-order valence-electron chi connectivity index (χ3n) is 5.33. The number of anilines is 1. The van der Waals surface area contributed by atoms with Gasteiger partial charge < -0.3 is 10.2 Å². The van der Waals surface area contributed by atoms with E-state index in [1.165, 1.54) is 6.07 Å². The van der Waals surface area contributed by atoms with Crippen LogP contribution in [0.3, 0.4) is 0 Å². The predicted octanol–water partition coefficient (Wildman–Crippen LogP) is 3.46. The summed E-state index contributed by atoms with van der Waals surface area (Å²) in [7, 11) is 2.05. The molecule has 4 rings (SSSR count). The number of H-pyrrole nitrogens is 1. The summed E-state index contributed by atoms with van der Waals surface area (Å²) in [5.74, 6) is -0.0806. The molecule has 1 aliphatic rings. The summed E-state index contributed by atoms with van der Waals surface area (Å²) in [6, 6.07) is 9.75. The molecule has 1 saturated heterocycles. The van der Waals surface area contributed by atoms with Crippen LogP contribution in [0.4, 0.5) is 10.2 Å². The van der Waals surface area contributed by atoms with Crippen molar-refractivity contribution in [3.8, 4) is 11.1 Å². The molecule has 0 aliphatic carbocycles. The number of hydrogen-bond acceptors (Lipinski definition) is 4. The van der Waals surface area contributed by atoms with E-state index in [0.717, 1.165) is 36.8 Å². The lowest BCUT2D eigenvalue weighted by atomic mass is 9.96. The van der Waals surface area contributed by atoms with Crippen LogP contribution in [0.25, 0.3) is 22.0 Å². The quantitative estimate of drug-likeness (QED) is 0.680. The van der Waals surface area contributed by atoms with Crippen molar-refractivity contribution < 1.29 is 14.0 Å². The highest BCUT2D eigenvalue weighted by Crippen LogP contribution is 2.30. The summed E-state index contributed by atoms with van der Waals surface area (Å²) in [4.78, 5) is 25.7. The smallest absolute Gasteiger partial charge is 0.228 e. The first kappa shape index (κ1) is 18.3. The van der Waals surface area contributed by atoms with Crippen LogP contribution in [-0.2, 0) is 4.79 Å². The molecule has 0 atom stereocenters. The summed E-state index contributed by atoms with van der Waals surface area (Å²) in [6.45, 7) is 1.80. The molecule has 1 fully saturated rings. The number of aromatic amines is 1. The molecule has 1 amide bonds. The van der Waals surface area contributed by atoms with Crippen LogP contribution in [0, 0.1) is 11.7 Å². The van der Waals surface area contributed by atoms with Gasteiger partial charge in [-0.15, -0.1) is 0 Å². The van der Waals surface area contributed by atoms with Gasteiger partial charge in [-0.3, -0.25) is 14.7 Å². The topological polar surface area (TPSA) is 78.1 Å². The molecule has 2 aromatic carbocycles. The summed E-state index contributed by atoms with van der Waals surface area (Å²) in [6.07, 6.45) is 2.26. The lowest BCUT2D eigenvalue weighted by Gasteiger charge is -2.27. The van der Waals surface area contributed by atoms with E-state index in [1.54, 1.807) is 30.3 Å². The van der Waals surface area contributed by atoms with Gasteiger partial charge in [0.1, 0.15) is 12.1 Å². The van der Waals surface area contributed by atoms with Gasteiger partial charge in [0.2, 0.25) is 5.91 Å². The van der Waals surface area contributed by atoms with Crippen LogP contribution in [0.5, 0.6) is 0 Å². The third kappa shape index (κ3) is 3.53. The number of nitrogens with one attached hydrogen (secondary N) is 2. The van der Waals surface area contributed by atoms with Crippen molar-refractivity contribution in [1.82, 2.24) is 15.1 Å². The van der Waals surface area contributed by atoms with Gasteiger partial charge >= 0.3 is 0 Å². The second-order valence-electron chi connectivity index (χ2n) is 7.26. The fourth-order valence-electron chi connectivity index (χ4n) is 3.61. The van der Waals surface area contributed by atoms with Crippen molar-refractivity contribution in [2.75, 3.05) is 25.5 Å². The largest absolute Gasteiger partial charge is 0.308 e. The lowest BCUT2D eigenvalue weighted by molar-refractivity contribution is -0.121. The van der Waals surface area contributed by atoms with E-state index in [1.807, 2.05) is 0 Å². The van der Waals surface area contributed by atoms with Crippen LogP contribution in [-0.4, -0.2) is 47.4 Å². The Morgan fingerprint density at radius 1 is 1.25 bits per heavy atom. The highest BCUT2D eigenvalue weighted by atomic mass is 19.1. The number of carbonyl (C=O) groups is 2. The molecule has 0 unspecified atom stereocenters. The second-order valence-corrected chi connectivity index (χ2v) is 7.26. The van der Waals surface area contributed by atoms with Crippen molar-refractivity contribution in [3.63, 3.8) is 0 Å². The number of carbonyl (C=O) groups excluding carboxylic acids is 2. The monoisotopic (exact) mass is 380 g/mol. The molecule has 6 nitrogen and oxygen atoms in total. The molecule has 28 heavy (non-hydrogen) atoms. The third-order valence-corrected chi connectivity index (χ3v) is 5.33. The number of benzene rings is 2. The molecule has 1 aliphatic heterocycles. The van der Waals surface area contributed by atoms with Gasteiger partial charge in [0.25, 0.3) is 0 Å². The molecule has 0 spiro atoms. The summed E-state index contributed by atoms with van der Waals surface area (Å²) in [5.41, 5.74) is 2.09. The van der Waals surface area contributed by atoms with E-state index in [9.17, 15) is 14.0 Å². The molecule has 1 aromatic heterocycles. The minimum absolute atomic E-state index is 0.0283. The van der Waals surface area contributed by atoms with Gasteiger partial charge in [-0.2, -0.15) is 5.10 Å². The highest BCUT2D eigenvalue weighted by Gasteiger charge is 2.24. The number of aromatic nitrogens is 2. The Labute approximate surface area is 161 Å². The van der Waals surface area contributed by atoms with E-state index >= 15 is 0 Å². The number of aldehydes is 1. The van der Waals surface area contributed by atoms with Crippen LogP contribution < -0.4 is 5.32 Å². The zero-order valence-corrected chi connectivity index (χ0v) is 15.5. The minimum Gasteiger partial charge on any atom is -0.308 e. The van der Waals surface area contributed by atoms with E-state index in [4.69, 9.17) is 0 Å². The Kier molecular flexibility index (Phi) is 4.92. The van der Waals surface area contributed by atoms with Gasteiger partial charge in [0.15, 0.2) is 5.82 Å². The molecule has 0 bridgehead atoms. The lowest BCUT2D eigenvalue weighted by Crippen LogP contribution is -2.36. The number of hydrogen-bond donors (Lipinski definition) is 2.